The lowest BCUT2D eigenvalue weighted by atomic mass is 9.97. The summed E-state index contributed by atoms with van der Waals surface area (Å²) in [4.78, 5) is 22.7. The third kappa shape index (κ3) is 4.87. The second-order valence-corrected chi connectivity index (χ2v) is 5.67. The molecule has 1 unspecified atom stereocenters. The number of amides is 1. The lowest BCUT2D eigenvalue weighted by molar-refractivity contribution is -0.122. The molecule has 0 radical (unpaired) electrons. The Balaban J connectivity index is 1.81. The molecule has 0 aliphatic carbocycles. The highest BCUT2D eigenvalue weighted by Gasteiger charge is 2.13. The minimum absolute atomic E-state index is 0.106. The van der Waals surface area contributed by atoms with Crippen LogP contribution >= 0.6 is 0 Å². The van der Waals surface area contributed by atoms with Crippen LogP contribution in [0.1, 0.15) is 35.2 Å². The summed E-state index contributed by atoms with van der Waals surface area (Å²) in [7, 11) is 1.63. The molecule has 0 fully saturated rings. The van der Waals surface area contributed by atoms with E-state index in [9.17, 15) is 9.59 Å². The topological polar surface area (TPSA) is 88.8 Å². The number of hydrogen-bond donors (Lipinski definition) is 2. The van der Waals surface area contributed by atoms with Crippen LogP contribution < -0.4 is 10.1 Å². The van der Waals surface area contributed by atoms with E-state index in [1.807, 2.05) is 31.2 Å². The fourth-order valence-electron chi connectivity index (χ4n) is 2.48. The summed E-state index contributed by atoms with van der Waals surface area (Å²) < 4.78 is 10.4. The highest BCUT2D eigenvalue weighted by molar-refractivity contribution is 5.84. The van der Waals surface area contributed by atoms with Crippen molar-refractivity contribution in [3.05, 3.63) is 53.5 Å². The maximum absolute atomic E-state index is 12.0. The highest BCUT2D eigenvalue weighted by Crippen LogP contribution is 2.22. The van der Waals surface area contributed by atoms with Crippen molar-refractivity contribution in [1.82, 2.24) is 5.32 Å². The molecular weight excluding hydrogens is 310 g/mol. The quantitative estimate of drug-likeness (QED) is 0.776. The number of furan rings is 1. The number of nitrogens with one attached hydrogen (secondary N) is 1. The van der Waals surface area contributed by atoms with Crippen molar-refractivity contribution < 1.29 is 23.8 Å². The van der Waals surface area contributed by atoms with Crippen LogP contribution in [0.2, 0.25) is 0 Å². The van der Waals surface area contributed by atoms with Gasteiger partial charge in [-0.15, -0.1) is 0 Å². The van der Waals surface area contributed by atoms with E-state index in [0.29, 0.717) is 12.2 Å². The summed E-state index contributed by atoms with van der Waals surface area (Å²) in [5, 5.41) is 11.5. The van der Waals surface area contributed by atoms with Crippen LogP contribution in [0.15, 0.2) is 40.8 Å². The molecule has 1 aromatic heterocycles. The maximum atomic E-state index is 12.0. The summed E-state index contributed by atoms with van der Waals surface area (Å²) >= 11 is 0. The molecule has 6 heteroatoms. The minimum atomic E-state index is -1.13. The Morgan fingerprint density at radius 2 is 2.00 bits per heavy atom. The summed E-state index contributed by atoms with van der Waals surface area (Å²) in [6, 6.07) is 10.7. The van der Waals surface area contributed by atoms with Crippen molar-refractivity contribution in [3.8, 4) is 5.75 Å². The van der Waals surface area contributed by atoms with E-state index < -0.39 is 5.97 Å². The van der Waals surface area contributed by atoms with Gasteiger partial charge in [-0.05, 0) is 36.1 Å². The third-order valence-electron chi connectivity index (χ3n) is 3.63. The smallest absolute Gasteiger partial charge is 0.371 e. The zero-order valence-corrected chi connectivity index (χ0v) is 13.7. The Morgan fingerprint density at radius 3 is 2.67 bits per heavy atom. The van der Waals surface area contributed by atoms with Gasteiger partial charge < -0.3 is 19.6 Å². The van der Waals surface area contributed by atoms with Gasteiger partial charge >= 0.3 is 5.97 Å². The van der Waals surface area contributed by atoms with Crippen molar-refractivity contribution >= 4 is 11.9 Å². The maximum Gasteiger partial charge on any atom is 0.371 e. The van der Waals surface area contributed by atoms with Crippen molar-refractivity contribution in [1.29, 1.82) is 0 Å². The van der Waals surface area contributed by atoms with Crippen LogP contribution in [0.5, 0.6) is 5.75 Å². The zero-order valence-electron chi connectivity index (χ0n) is 13.7. The molecule has 0 bridgehead atoms. The predicted octanol–water partition coefficient (Wildman–Crippen LogP) is 2.87. The van der Waals surface area contributed by atoms with Gasteiger partial charge in [0.25, 0.3) is 0 Å². The van der Waals surface area contributed by atoms with E-state index in [4.69, 9.17) is 14.3 Å². The Bertz CT molecular complexity index is 707. The largest absolute Gasteiger partial charge is 0.496 e. The number of methoxy groups -OCH3 is 1. The van der Waals surface area contributed by atoms with E-state index in [0.717, 1.165) is 17.7 Å². The number of carboxylic acid groups (broad SMARTS) is 1. The van der Waals surface area contributed by atoms with Gasteiger partial charge in [-0.3, -0.25) is 4.79 Å². The molecule has 0 spiro atoms. The van der Waals surface area contributed by atoms with Crippen LogP contribution in [0.4, 0.5) is 0 Å². The number of ether oxygens (including phenoxy) is 1. The molecule has 0 saturated heterocycles. The molecule has 6 nitrogen and oxygen atoms in total. The number of para-hydroxylation sites is 1. The van der Waals surface area contributed by atoms with Crippen LogP contribution in [0.25, 0.3) is 0 Å². The summed E-state index contributed by atoms with van der Waals surface area (Å²) in [5.74, 6) is 0.0135. The molecule has 2 aromatic rings. The van der Waals surface area contributed by atoms with Crippen molar-refractivity contribution in [3.63, 3.8) is 0 Å². The van der Waals surface area contributed by atoms with Crippen LogP contribution in [0, 0.1) is 5.92 Å². The first-order chi connectivity index (χ1) is 11.5. The fraction of sp³-hybridized carbons (Fsp3) is 0.333. The second-order valence-electron chi connectivity index (χ2n) is 5.67. The first-order valence-electron chi connectivity index (χ1n) is 7.70. The molecular formula is C18H21NO5. The van der Waals surface area contributed by atoms with Gasteiger partial charge in [0.05, 0.1) is 13.7 Å². The molecule has 24 heavy (non-hydrogen) atoms. The van der Waals surface area contributed by atoms with Gasteiger partial charge in [0.1, 0.15) is 11.5 Å². The Morgan fingerprint density at radius 1 is 1.25 bits per heavy atom. The molecule has 1 aromatic carbocycles. The second kappa shape index (κ2) is 8.19. The van der Waals surface area contributed by atoms with Crippen LogP contribution in [-0.2, 0) is 17.8 Å². The first-order valence-corrected chi connectivity index (χ1v) is 7.70. The average molecular weight is 331 g/mol. The van der Waals surface area contributed by atoms with Crippen LogP contribution in [-0.4, -0.2) is 24.1 Å². The molecule has 0 aliphatic rings. The first kappa shape index (κ1) is 17.6. The lowest BCUT2D eigenvalue weighted by Gasteiger charge is -2.13. The lowest BCUT2D eigenvalue weighted by Crippen LogP contribution is -2.24. The van der Waals surface area contributed by atoms with Crippen LogP contribution in [0.3, 0.4) is 0 Å². The van der Waals surface area contributed by atoms with Crippen molar-refractivity contribution in [2.75, 3.05) is 7.11 Å². The number of carboxylic acids is 1. The zero-order chi connectivity index (χ0) is 17.5. The number of hydrogen-bond acceptors (Lipinski definition) is 4. The Hall–Kier alpha value is -2.76. The monoisotopic (exact) mass is 331 g/mol. The summed E-state index contributed by atoms with van der Waals surface area (Å²) in [6.45, 7) is 2.18. The van der Waals surface area contributed by atoms with E-state index >= 15 is 0 Å². The van der Waals surface area contributed by atoms with Gasteiger partial charge in [-0.1, -0.05) is 25.1 Å². The fourth-order valence-corrected chi connectivity index (χ4v) is 2.48. The molecule has 1 amide bonds. The van der Waals surface area contributed by atoms with Gasteiger partial charge in [0.15, 0.2) is 0 Å². The molecule has 1 atom stereocenters. The van der Waals surface area contributed by atoms with Gasteiger partial charge in [0.2, 0.25) is 11.7 Å². The number of carbonyl (C=O) groups is 2. The summed E-state index contributed by atoms with van der Waals surface area (Å²) in [6.07, 6.45) is 1.10. The molecule has 0 aliphatic heterocycles. The van der Waals surface area contributed by atoms with E-state index in [1.54, 1.807) is 13.2 Å². The van der Waals surface area contributed by atoms with Gasteiger partial charge in [0, 0.05) is 6.42 Å². The third-order valence-corrected chi connectivity index (χ3v) is 3.63. The number of carbonyl (C=O) groups excluding carboxylic acids is 1. The molecule has 1 heterocycles. The van der Waals surface area contributed by atoms with Crippen molar-refractivity contribution in [2.24, 2.45) is 5.92 Å². The Kier molecular flexibility index (Phi) is 6.01. The average Bonchev–Trinajstić information content (AvgIpc) is 3.02. The standard InChI is InChI=1S/C18H21NO5/c1-12(9-13-5-3-4-6-15(13)23-2)10-17(20)19-11-14-7-8-16(24-14)18(21)22/h3-8,12H,9-11H2,1-2H3,(H,19,20)(H,21,22). The highest BCUT2D eigenvalue weighted by atomic mass is 16.5. The molecule has 2 rings (SSSR count). The Labute approximate surface area is 140 Å². The molecule has 0 saturated carbocycles. The van der Waals surface area contributed by atoms with Gasteiger partial charge in [-0.2, -0.15) is 0 Å². The van der Waals surface area contributed by atoms with Crippen molar-refractivity contribution in [2.45, 2.75) is 26.3 Å². The number of benzene rings is 1. The van der Waals surface area contributed by atoms with E-state index in [-0.39, 0.29) is 24.1 Å². The molecule has 2 N–H and O–H groups in total. The number of aromatic carboxylic acids is 1. The summed E-state index contributed by atoms with van der Waals surface area (Å²) in [5.41, 5.74) is 1.07. The van der Waals surface area contributed by atoms with Gasteiger partial charge in [-0.25, -0.2) is 4.79 Å². The SMILES string of the molecule is COc1ccccc1CC(C)CC(=O)NCc1ccc(C(=O)O)o1. The van der Waals surface area contributed by atoms with E-state index in [2.05, 4.69) is 5.32 Å². The number of rotatable bonds is 8. The predicted molar refractivity (Wildman–Crippen MR) is 88.0 cm³/mol. The molecule has 128 valence electrons. The normalized spacial score (nSPS) is 11.8. The van der Waals surface area contributed by atoms with E-state index in [1.165, 1.54) is 6.07 Å². The minimum Gasteiger partial charge on any atom is -0.496 e.